The molecule has 0 saturated heterocycles. The maximum Gasteiger partial charge on any atom is 0.0541 e. The smallest absolute Gasteiger partial charge is 0.0541 e. The van der Waals surface area contributed by atoms with Crippen molar-refractivity contribution in [2.45, 2.75) is 0 Å². The van der Waals surface area contributed by atoms with E-state index in [2.05, 4.69) is 264 Å². The number of benzene rings is 12. The fourth-order valence-corrected chi connectivity index (χ4v) is 10.4. The first-order valence-corrected chi connectivity index (χ1v) is 22.7. The second-order valence-electron chi connectivity index (χ2n) is 17.3. The van der Waals surface area contributed by atoms with E-state index in [0.29, 0.717) is 0 Å². The number of aromatic nitrogens is 1. The van der Waals surface area contributed by atoms with Crippen LogP contribution >= 0.6 is 0 Å². The lowest BCUT2D eigenvalue weighted by atomic mass is 9.93. The summed E-state index contributed by atoms with van der Waals surface area (Å²) in [5.41, 5.74) is 14.0. The predicted octanol–water partition coefficient (Wildman–Crippen LogP) is 17.9. The van der Waals surface area contributed by atoms with Gasteiger partial charge in [-0.15, -0.1) is 0 Å². The minimum absolute atomic E-state index is 1.09. The monoisotopic (exact) mass is 838 g/mol. The Bertz CT molecular complexity index is 3940. The molecule has 1 heterocycles. The van der Waals surface area contributed by atoms with Gasteiger partial charge in [-0.2, -0.15) is 0 Å². The number of hydrogen-bond donors (Lipinski definition) is 0. The molecule has 12 aromatic carbocycles. The Morgan fingerprint density at radius 1 is 0.242 bits per heavy atom. The Morgan fingerprint density at radius 3 is 1.30 bits per heavy atom. The van der Waals surface area contributed by atoms with E-state index in [9.17, 15) is 0 Å². The highest BCUT2D eigenvalue weighted by Gasteiger charge is 2.19. The van der Waals surface area contributed by atoms with Gasteiger partial charge in [0.25, 0.3) is 0 Å². The van der Waals surface area contributed by atoms with Crippen molar-refractivity contribution in [1.82, 2.24) is 4.57 Å². The topological polar surface area (TPSA) is 8.17 Å². The van der Waals surface area contributed by atoms with Crippen LogP contribution in [-0.2, 0) is 0 Å². The molecule has 0 aliphatic heterocycles. The van der Waals surface area contributed by atoms with Gasteiger partial charge in [-0.1, -0.05) is 194 Å². The number of anilines is 3. The largest absolute Gasteiger partial charge is 0.310 e. The van der Waals surface area contributed by atoms with Crippen molar-refractivity contribution in [3.05, 3.63) is 255 Å². The van der Waals surface area contributed by atoms with Crippen LogP contribution < -0.4 is 4.90 Å². The van der Waals surface area contributed by atoms with Crippen LogP contribution in [-0.4, -0.2) is 4.57 Å². The molecule has 2 nitrogen and oxygen atoms in total. The molecule has 0 spiro atoms. The summed E-state index contributed by atoms with van der Waals surface area (Å²) in [7, 11) is 0. The first-order valence-electron chi connectivity index (χ1n) is 22.7. The zero-order valence-electron chi connectivity index (χ0n) is 36.1. The van der Waals surface area contributed by atoms with Crippen molar-refractivity contribution in [3.8, 4) is 39.1 Å². The van der Waals surface area contributed by atoms with Crippen LogP contribution in [0.1, 0.15) is 0 Å². The van der Waals surface area contributed by atoms with Gasteiger partial charge in [-0.05, 0) is 132 Å². The molecule has 0 unspecified atom stereocenters. The maximum absolute atomic E-state index is 2.43. The summed E-state index contributed by atoms with van der Waals surface area (Å²) in [5.74, 6) is 0. The SMILES string of the molecule is c1ccc(-c2ccccc2-n2c3ccccc3c3ccccc32)c(-c2ccc(N(c3ccc(-c4ccc5c(ccc6ccccc65)c4)cc3)c3ccc4c(ccc5ccccc54)c3)cc2)c1. The van der Waals surface area contributed by atoms with Gasteiger partial charge in [0.05, 0.1) is 16.7 Å². The number of para-hydroxylation sites is 3. The van der Waals surface area contributed by atoms with Gasteiger partial charge in [0.15, 0.2) is 0 Å². The van der Waals surface area contributed by atoms with Crippen LogP contribution in [0.2, 0.25) is 0 Å². The Hall–Kier alpha value is -8.72. The average Bonchev–Trinajstić information content (AvgIpc) is 3.73. The number of rotatable bonds is 7. The van der Waals surface area contributed by atoms with Crippen LogP contribution in [0.4, 0.5) is 17.1 Å². The summed E-state index contributed by atoms with van der Waals surface area (Å²) >= 11 is 0. The Kier molecular flexibility index (Phi) is 8.89. The van der Waals surface area contributed by atoms with E-state index in [1.54, 1.807) is 0 Å². The highest BCUT2D eigenvalue weighted by atomic mass is 15.1. The molecule has 13 aromatic rings. The molecule has 0 N–H and O–H groups in total. The molecule has 1 aromatic heterocycles. The van der Waals surface area contributed by atoms with E-state index >= 15 is 0 Å². The molecule has 0 amide bonds. The third-order valence-corrected chi connectivity index (χ3v) is 13.6. The lowest BCUT2D eigenvalue weighted by Gasteiger charge is -2.26. The predicted molar refractivity (Wildman–Crippen MR) is 282 cm³/mol. The van der Waals surface area contributed by atoms with Crippen molar-refractivity contribution < 1.29 is 0 Å². The third kappa shape index (κ3) is 6.26. The Morgan fingerprint density at radius 2 is 0.667 bits per heavy atom. The van der Waals surface area contributed by atoms with Crippen molar-refractivity contribution >= 4 is 82.0 Å². The van der Waals surface area contributed by atoms with Crippen molar-refractivity contribution in [2.75, 3.05) is 4.90 Å². The molecule has 2 heteroatoms. The standard InChI is InChI=1S/C64H42N2/c1-3-15-53-44(13-1)25-27-48-41-47(33-39-56(48)53)43-29-34-50(35-30-43)65(52-38-40-57-49(42-52)28-26-45-14-2-4-16-54(45)57)51-36-31-46(32-37-51)55-17-5-6-18-58(55)59-19-7-10-22-62(59)66-63-23-11-8-20-60(63)61-21-9-12-24-64(61)66/h1-42H. The average molecular weight is 839 g/mol. The molecule has 0 bridgehead atoms. The van der Waals surface area contributed by atoms with Crippen LogP contribution in [0, 0.1) is 0 Å². The second-order valence-corrected chi connectivity index (χ2v) is 17.3. The molecule has 0 saturated carbocycles. The summed E-state index contributed by atoms with van der Waals surface area (Å²) in [6, 6.07) is 93.3. The van der Waals surface area contributed by atoms with Crippen LogP contribution in [0.15, 0.2) is 255 Å². The van der Waals surface area contributed by atoms with Gasteiger partial charge in [-0.25, -0.2) is 0 Å². The fourth-order valence-electron chi connectivity index (χ4n) is 10.4. The van der Waals surface area contributed by atoms with E-state index in [1.165, 1.54) is 92.7 Å². The maximum atomic E-state index is 2.43. The van der Waals surface area contributed by atoms with Crippen molar-refractivity contribution in [2.24, 2.45) is 0 Å². The van der Waals surface area contributed by atoms with Crippen LogP contribution in [0.5, 0.6) is 0 Å². The normalized spacial score (nSPS) is 11.6. The summed E-state index contributed by atoms with van der Waals surface area (Å²) in [5, 5.41) is 12.6. The van der Waals surface area contributed by atoms with E-state index < -0.39 is 0 Å². The summed E-state index contributed by atoms with van der Waals surface area (Å²) in [4.78, 5) is 2.39. The second kappa shape index (κ2) is 15.5. The highest BCUT2D eigenvalue weighted by Crippen LogP contribution is 2.43. The lowest BCUT2D eigenvalue weighted by Crippen LogP contribution is -2.10. The first kappa shape index (κ1) is 37.8. The number of fused-ring (bicyclic) bond motifs is 9. The van der Waals surface area contributed by atoms with Crippen molar-refractivity contribution in [1.29, 1.82) is 0 Å². The summed E-state index contributed by atoms with van der Waals surface area (Å²) < 4.78 is 2.43. The summed E-state index contributed by atoms with van der Waals surface area (Å²) in [6.45, 7) is 0. The quantitative estimate of drug-likeness (QED) is 0.145. The van der Waals surface area contributed by atoms with Gasteiger partial charge in [0.2, 0.25) is 0 Å². The molecule has 0 aliphatic carbocycles. The zero-order valence-corrected chi connectivity index (χ0v) is 36.1. The minimum Gasteiger partial charge on any atom is -0.310 e. The molecule has 0 atom stereocenters. The first-order chi connectivity index (χ1) is 32.7. The van der Waals surface area contributed by atoms with E-state index in [0.717, 1.165) is 28.3 Å². The van der Waals surface area contributed by atoms with Crippen molar-refractivity contribution in [3.63, 3.8) is 0 Å². The number of hydrogen-bond acceptors (Lipinski definition) is 1. The van der Waals surface area contributed by atoms with Gasteiger partial charge >= 0.3 is 0 Å². The molecular formula is C64H42N2. The minimum atomic E-state index is 1.09. The Balaban J connectivity index is 0.908. The zero-order chi connectivity index (χ0) is 43.6. The number of nitrogens with zero attached hydrogens (tertiary/aromatic N) is 2. The fraction of sp³-hybridized carbons (Fsp3) is 0. The molecule has 66 heavy (non-hydrogen) atoms. The lowest BCUT2D eigenvalue weighted by molar-refractivity contribution is 1.18. The molecule has 0 radical (unpaired) electrons. The van der Waals surface area contributed by atoms with Gasteiger partial charge in [0.1, 0.15) is 0 Å². The third-order valence-electron chi connectivity index (χ3n) is 13.6. The molecule has 0 aliphatic rings. The van der Waals surface area contributed by atoms with Gasteiger partial charge in [-0.3, -0.25) is 0 Å². The molecule has 308 valence electrons. The molecular weight excluding hydrogens is 797 g/mol. The van der Waals surface area contributed by atoms with E-state index in [4.69, 9.17) is 0 Å². The summed E-state index contributed by atoms with van der Waals surface area (Å²) in [6.07, 6.45) is 0. The molecule has 0 fully saturated rings. The van der Waals surface area contributed by atoms with E-state index in [-0.39, 0.29) is 0 Å². The van der Waals surface area contributed by atoms with E-state index in [1.807, 2.05) is 0 Å². The van der Waals surface area contributed by atoms with Gasteiger partial charge < -0.3 is 9.47 Å². The highest BCUT2D eigenvalue weighted by molar-refractivity contribution is 6.11. The van der Waals surface area contributed by atoms with Crippen LogP contribution in [0.3, 0.4) is 0 Å². The molecule has 13 rings (SSSR count). The Labute approximate surface area is 383 Å². The van der Waals surface area contributed by atoms with Gasteiger partial charge in [0, 0.05) is 33.4 Å². The van der Waals surface area contributed by atoms with Crippen LogP contribution in [0.25, 0.3) is 104 Å².